The predicted molar refractivity (Wildman–Crippen MR) is 182 cm³/mol. The molecule has 0 aliphatic carbocycles. The first kappa shape index (κ1) is 31.2. The average molecular weight is 797 g/mol. The van der Waals surface area contributed by atoms with Crippen LogP contribution in [0.25, 0.3) is 61.3 Å². The van der Waals surface area contributed by atoms with Gasteiger partial charge in [0, 0.05) is 43.6 Å². The number of rotatable bonds is 4. The van der Waals surface area contributed by atoms with E-state index in [0.29, 0.717) is 22.4 Å². The number of hydrogen-bond acceptors (Lipinski definition) is 4. The van der Waals surface area contributed by atoms with Gasteiger partial charge in [0.25, 0.3) is 0 Å². The molecule has 4 aromatic carbocycles. The van der Waals surface area contributed by atoms with Crippen molar-refractivity contribution in [3.05, 3.63) is 140 Å². The SMILES string of the molecule is C[Si](C)(C)c1ccc(-c2[c-]cccc2)nc1.Fc1cncc2c1oc1c(-c3nc4ccccc4n3-c3ccccc3)[c-]ccc12.[Ir]. The van der Waals surface area contributed by atoms with Crippen LogP contribution in [0.15, 0.2) is 126 Å². The Bertz CT molecular complexity index is 2260. The molecule has 229 valence electrons. The number of fused-ring (bicyclic) bond motifs is 4. The zero-order chi connectivity index (χ0) is 31.0. The molecule has 46 heavy (non-hydrogen) atoms. The van der Waals surface area contributed by atoms with Crippen LogP contribution < -0.4 is 5.19 Å². The number of halogens is 1. The second-order valence-electron chi connectivity index (χ2n) is 11.7. The number of nitrogens with zero attached hydrogens (tertiary/aromatic N) is 4. The van der Waals surface area contributed by atoms with Crippen LogP contribution >= 0.6 is 0 Å². The summed E-state index contributed by atoms with van der Waals surface area (Å²) in [4.78, 5) is 13.4. The fourth-order valence-electron chi connectivity index (χ4n) is 5.37. The molecule has 8 heteroatoms. The molecule has 4 heterocycles. The number of benzene rings is 4. The molecule has 0 amide bonds. The molecular weight excluding hydrogens is 768 g/mol. The summed E-state index contributed by atoms with van der Waals surface area (Å²) >= 11 is 0. The molecule has 0 saturated carbocycles. The van der Waals surface area contributed by atoms with Gasteiger partial charge in [-0.2, -0.15) is 0 Å². The molecule has 8 rings (SSSR count). The summed E-state index contributed by atoms with van der Waals surface area (Å²) in [6.45, 7) is 7.00. The van der Waals surface area contributed by atoms with Crippen molar-refractivity contribution in [3.8, 4) is 28.3 Å². The Kier molecular flexibility index (Phi) is 8.78. The monoisotopic (exact) mass is 797 g/mol. The van der Waals surface area contributed by atoms with Crippen molar-refractivity contribution in [2.45, 2.75) is 19.6 Å². The molecule has 0 aliphatic heterocycles. The Morgan fingerprint density at radius 2 is 1.52 bits per heavy atom. The van der Waals surface area contributed by atoms with Gasteiger partial charge in [-0.15, -0.1) is 54.1 Å². The van der Waals surface area contributed by atoms with Crippen LogP contribution in [0.5, 0.6) is 0 Å². The topological polar surface area (TPSA) is 56.7 Å². The van der Waals surface area contributed by atoms with E-state index in [-0.39, 0.29) is 25.7 Å². The standard InChI is InChI=1S/C24H13FN3O.C14H16NSi.Ir/c25-19-14-26-13-18-16-9-6-10-17(22(16)29-23(18)19)24-27-20-11-4-5-12-21(20)28(24)15-7-2-1-3-8-15;1-16(2,3)13-9-10-14(15-11-13)12-7-5-4-6-8-12;/h1-9,11-14H;4-7,9-11H,1-3H3;/q2*-1;. The van der Waals surface area contributed by atoms with Crippen LogP contribution in [0, 0.1) is 17.9 Å². The van der Waals surface area contributed by atoms with Gasteiger partial charge in [-0.25, -0.2) is 4.39 Å². The number of imidazole rings is 1. The van der Waals surface area contributed by atoms with Crippen molar-refractivity contribution in [2.24, 2.45) is 0 Å². The number of pyridine rings is 2. The third-order valence-electron chi connectivity index (χ3n) is 7.71. The summed E-state index contributed by atoms with van der Waals surface area (Å²) in [5, 5.41) is 2.82. The van der Waals surface area contributed by atoms with Crippen LogP contribution in [0.2, 0.25) is 19.6 Å². The third-order valence-corrected chi connectivity index (χ3v) is 9.74. The van der Waals surface area contributed by atoms with Gasteiger partial charge in [0.05, 0.1) is 36.7 Å². The van der Waals surface area contributed by atoms with E-state index in [4.69, 9.17) is 9.40 Å². The van der Waals surface area contributed by atoms with E-state index >= 15 is 0 Å². The minimum Gasteiger partial charge on any atom is -0.497 e. The Morgan fingerprint density at radius 1 is 0.739 bits per heavy atom. The van der Waals surface area contributed by atoms with E-state index < -0.39 is 13.9 Å². The second-order valence-corrected chi connectivity index (χ2v) is 16.8. The first-order chi connectivity index (χ1) is 21.9. The maximum atomic E-state index is 14.3. The van der Waals surface area contributed by atoms with Gasteiger partial charge in [-0.1, -0.05) is 73.1 Å². The molecule has 0 unspecified atom stereocenters. The summed E-state index contributed by atoms with van der Waals surface area (Å²) in [6.07, 6.45) is 4.80. The first-order valence-corrected chi connectivity index (χ1v) is 18.2. The van der Waals surface area contributed by atoms with Crippen LogP contribution in [0.1, 0.15) is 0 Å². The molecule has 4 aromatic heterocycles. The molecule has 0 saturated heterocycles. The predicted octanol–water partition coefficient (Wildman–Crippen LogP) is 9.02. The molecule has 0 atom stereocenters. The van der Waals surface area contributed by atoms with Crippen molar-refractivity contribution < 1.29 is 28.9 Å². The maximum Gasteiger partial charge on any atom is 0.183 e. The molecule has 1 radical (unpaired) electrons. The largest absolute Gasteiger partial charge is 0.497 e. The molecule has 5 nitrogen and oxygen atoms in total. The Labute approximate surface area is 281 Å². The summed E-state index contributed by atoms with van der Waals surface area (Å²) in [5.74, 6) is 0.205. The molecular formula is C38H29FIrN4OSi-2. The Hall–Kier alpha value is -4.75. The van der Waals surface area contributed by atoms with Gasteiger partial charge in [-0.05, 0) is 35.1 Å². The number of aromatic nitrogens is 4. The van der Waals surface area contributed by atoms with Crippen LogP contribution in [-0.4, -0.2) is 27.6 Å². The Morgan fingerprint density at radius 3 is 2.26 bits per heavy atom. The van der Waals surface area contributed by atoms with E-state index in [9.17, 15) is 4.39 Å². The number of para-hydroxylation sites is 3. The minimum atomic E-state index is -1.23. The van der Waals surface area contributed by atoms with E-state index in [2.05, 4.69) is 58.4 Å². The van der Waals surface area contributed by atoms with E-state index in [1.165, 1.54) is 5.19 Å². The smallest absolute Gasteiger partial charge is 0.183 e. The summed E-state index contributed by atoms with van der Waals surface area (Å²) in [5.41, 5.74) is 6.29. The summed E-state index contributed by atoms with van der Waals surface area (Å²) in [7, 11) is -1.23. The quantitative estimate of drug-likeness (QED) is 0.132. The second kappa shape index (κ2) is 12.9. The molecule has 0 N–H and O–H groups in total. The van der Waals surface area contributed by atoms with Crippen molar-refractivity contribution >= 4 is 46.2 Å². The maximum absolute atomic E-state index is 14.3. The van der Waals surface area contributed by atoms with Crippen molar-refractivity contribution in [3.63, 3.8) is 0 Å². The van der Waals surface area contributed by atoms with Gasteiger partial charge < -0.3 is 14.0 Å². The molecule has 0 spiro atoms. The van der Waals surface area contributed by atoms with Crippen molar-refractivity contribution in [2.75, 3.05) is 0 Å². The zero-order valence-corrected chi connectivity index (χ0v) is 28.9. The normalized spacial score (nSPS) is 11.3. The van der Waals surface area contributed by atoms with Crippen LogP contribution in [0.3, 0.4) is 0 Å². The zero-order valence-electron chi connectivity index (χ0n) is 25.5. The van der Waals surface area contributed by atoms with Gasteiger partial charge in [0.1, 0.15) is 0 Å². The molecule has 0 bridgehead atoms. The van der Waals surface area contributed by atoms with Gasteiger partial charge in [0.2, 0.25) is 0 Å². The minimum absolute atomic E-state index is 0. The molecule has 0 aliphatic rings. The summed E-state index contributed by atoms with van der Waals surface area (Å²) in [6, 6.07) is 40.3. The van der Waals surface area contributed by atoms with Gasteiger partial charge in [-0.3, -0.25) is 9.97 Å². The van der Waals surface area contributed by atoms with Gasteiger partial charge >= 0.3 is 0 Å². The van der Waals surface area contributed by atoms with E-state index in [1.807, 2.05) is 97.2 Å². The summed E-state index contributed by atoms with van der Waals surface area (Å²) < 4.78 is 22.3. The van der Waals surface area contributed by atoms with Crippen LogP contribution in [0.4, 0.5) is 4.39 Å². The van der Waals surface area contributed by atoms with E-state index in [1.54, 1.807) is 6.20 Å². The van der Waals surface area contributed by atoms with Crippen molar-refractivity contribution in [1.82, 2.24) is 19.5 Å². The fourth-order valence-corrected chi connectivity index (χ4v) is 6.41. The van der Waals surface area contributed by atoms with Crippen molar-refractivity contribution in [1.29, 1.82) is 0 Å². The average Bonchev–Trinajstić information content (AvgIpc) is 3.65. The number of hydrogen-bond donors (Lipinski definition) is 0. The molecule has 8 aromatic rings. The first-order valence-electron chi connectivity index (χ1n) is 14.7. The Balaban J connectivity index is 0.000000187. The van der Waals surface area contributed by atoms with Gasteiger partial charge in [0.15, 0.2) is 11.4 Å². The third kappa shape index (κ3) is 5.95. The molecule has 0 fully saturated rings. The fraction of sp³-hybridized carbons (Fsp3) is 0.0789. The van der Waals surface area contributed by atoms with E-state index in [0.717, 1.165) is 39.6 Å². The number of furan rings is 1. The van der Waals surface area contributed by atoms with Crippen LogP contribution in [-0.2, 0) is 20.1 Å².